The summed E-state index contributed by atoms with van der Waals surface area (Å²) in [5, 5.41) is 9.06. The number of rotatable bonds is 6. The van der Waals surface area contributed by atoms with E-state index in [2.05, 4.69) is 19.9 Å². The highest BCUT2D eigenvalue weighted by Gasteiger charge is 2.83. The van der Waals surface area contributed by atoms with Crippen molar-refractivity contribution < 1.29 is 33.6 Å². The number of aliphatic hydroxyl groups excluding tert-OH is 1. The van der Waals surface area contributed by atoms with Gasteiger partial charge in [-0.2, -0.15) is 0 Å². The normalized spacial score (nSPS) is 41.8. The number of allylic oxidation sites excluding steroid dienone is 1. The van der Waals surface area contributed by atoms with Crippen molar-refractivity contribution in [1.29, 1.82) is 0 Å². The second-order valence-corrected chi connectivity index (χ2v) is 9.50. The number of carbonyl (C=O) groups excluding carboxylic acids is 2. The monoisotopic (exact) mass is 420 g/mol. The van der Waals surface area contributed by atoms with Gasteiger partial charge in [0.2, 0.25) is 0 Å². The Bertz CT molecular complexity index is 795. The van der Waals surface area contributed by atoms with E-state index in [-0.39, 0.29) is 37.5 Å². The van der Waals surface area contributed by atoms with E-state index >= 15 is 0 Å². The Hall–Kier alpha value is -1.70. The number of hydrogen-bond donors (Lipinski definition) is 1. The van der Waals surface area contributed by atoms with Crippen LogP contribution in [0.4, 0.5) is 0 Å². The maximum atomic E-state index is 12.5. The minimum absolute atomic E-state index is 0.0110. The van der Waals surface area contributed by atoms with E-state index < -0.39 is 22.4 Å². The summed E-state index contributed by atoms with van der Waals surface area (Å²) in [5.41, 5.74) is 0.436. The lowest BCUT2D eigenvalue weighted by Crippen LogP contribution is -2.66. The van der Waals surface area contributed by atoms with Crippen molar-refractivity contribution >= 4 is 11.9 Å². The fraction of sp³-hybridized carbons (Fsp3) is 0.739. The van der Waals surface area contributed by atoms with Gasteiger partial charge in [-0.3, -0.25) is 4.79 Å². The van der Waals surface area contributed by atoms with Gasteiger partial charge in [0.25, 0.3) is 0 Å². The molecule has 2 aliphatic carbocycles. The lowest BCUT2D eigenvalue weighted by atomic mass is 9.51. The van der Waals surface area contributed by atoms with Crippen LogP contribution in [0.1, 0.15) is 53.4 Å². The maximum absolute atomic E-state index is 12.5. The molecule has 1 N–H and O–H groups in total. The van der Waals surface area contributed by atoms with Gasteiger partial charge in [-0.1, -0.05) is 24.1 Å². The second-order valence-electron chi connectivity index (χ2n) is 9.50. The predicted molar refractivity (Wildman–Crippen MR) is 107 cm³/mol. The Balaban J connectivity index is 1.68. The van der Waals surface area contributed by atoms with E-state index in [9.17, 15) is 9.59 Å². The quantitative estimate of drug-likeness (QED) is 0.305. The first-order valence-electron chi connectivity index (χ1n) is 10.8. The predicted octanol–water partition coefficient (Wildman–Crippen LogP) is 2.46. The van der Waals surface area contributed by atoms with Crippen molar-refractivity contribution in [1.82, 2.24) is 0 Å². The molecule has 4 aliphatic rings. The molecule has 30 heavy (non-hydrogen) atoms. The Morgan fingerprint density at radius 2 is 2.10 bits per heavy atom. The molecular weight excluding hydrogens is 388 g/mol. The van der Waals surface area contributed by atoms with Gasteiger partial charge in [0.1, 0.15) is 18.3 Å². The summed E-state index contributed by atoms with van der Waals surface area (Å²) in [6.45, 7) is 8.15. The first-order valence-corrected chi connectivity index (χ1v) is 10.8. The van der Waals surface area contributed by atoms with E-state index in [0.717, 1.165) is 18.4 Å². The molecule has 4 rings (SSSR count). The van der Waals surface area contributed by atoms with E-state index in [1.807, 2.05) is 0 Å². The average molecular weight is 421 g/mol. The Morgan fingerprint density at radius 1 is 1.37 bits per heavy atom. The van der Waals surface area contributed by atoms with Crippen molar-refractivity contribution in [2.24, 2.45) is 10.8 Å². The van der Waals surface area contributed by atoms with Crippen LogP contribution in [0.15, 0.2) is 23.3 Å². The van der Waals surface area contributed by atoms with E-state index in [0.29, 0.717) is 19.4 Å². The SMILES string of the molecule is CC(=O)O[C@@H]1C[C@H]2OC3C=C(C)CCC3(COC(=O)/C=C(\C)CCO)[C@]1(C)C21CO1. The molecule has 0 amide bonds. The fourth-order valence-corrected chi connectivity index (χ4v) is 6.03. The molecule has 1 saturated carbocycles. The van der Waals surface area contributed by atoms with Gasteiger partial charge in [-0.25, -0.2) is 4.79 Å². The van der Waals surface area contributed by atoms with Crippen LogP contribution in [0.3, 0.4) is 0 Å². The first kappa shape index (κ1) is 21.5. The summed E-state index contributed by atoms with van der Waals surface area (Å²) >= 11 is 0. The fourth-order valence-electron chi connectivity index (χ4n) is 6.03. The molecule has 2 heterocycles. The molecule has 6 atom stereocenters. The summed E-state index contributed by atoms with van der Waals surface area (Å²) in [5.74, 6) is -0.753. The molecular formula is C23H32O7. The van der Waals surface area contributed by atoms with Gasteiger partial charge in [0.05, 0.1) is 24.2 Å². The zero-order chi connectivity index (χ0) is 21.7. The van der Waals surface area contributed by atoms with Crippen LogP contribution in [0.25, 0.3) is 0 Å². The van der Waals surface area contributed by atoms with Crippen molar-refractivity contribution in [2.75, 3.05) is 19.8 Å². The Morgan fingerprint density at radius 3 is 2.73 bits per heavy atom. The number of esters is 2. The van der Waals surface area contributed by atoms with Crippen LogP contribution < -0.4 is 0 Å². The average Bonchev–Trinajstić information content (AvgIpc) is 3.44. The number of aliphatic hydroxyl groups is 1. The molecule has 0 aromatic carbocycles. The van der Waals surface area contributed by atoms with Gasteiger partial charge in [-0.15, -0.1) is 0 Å². The molecule has 7 heteroatoms. The second kappa shape index (κ2) is 7.46. The number of carbonyl (C=O) groups is 2. The van der Waals surface area contributed by atoms with Crippen molar-refractivity contribution in [3.05, 3.63) is 23.3 Å². The van der Waals surface area contributed by atoms with Crippen LogP contribution >= 0.6 is 0 Å². The molecule has 0 radical (unpaired) electrons. The Kier molecular flexibility index (Phi) is 5.36. The number of epoxide rings is 1. The summed E-state index contributed by atoms with van der Waals surface area (Å²) in [6.07, 6.45) is 5.48. The smallest absolute Gasteiger partial charge is 0.330 e. The number of fused-ring (bicyclic) bond motifs is 2. The molecule has 2 aliphatic heterocycles. The molecule has 3 unspecified atom stereocenters. The van der Waals surface area contributed by atoms with Crippen LogP contribution in [-0.2, 0) is 28.5 Å². The minimum Gasteiger partial charge on any atom is -0.462 e. The van der Waals surface area contributed by atoms with Gasteiger partial charge in [0.15, 0.2) is 0 Å². The lowest BCUT2D eigenvalue weighted by molar-refractivity contribution is -0.232. The standard InChI is InChI=1S/C23H32O7/c1-14-5-7-22(12-27-20(26)10-15(2)6-8-24)18(9-14)30-19-11-17(29-16(3)25)21(22,4)23(19)13-28-23/h9-10,17-19,24H,5-8,11-13H2,1-4H3/b15-10+/t17-,18?,19-,21-,22?,23?/m1/s1. The Labute approximate surface area is 177 Å². The largest absolute Gasteiger partial charge is 0.462 e. The molecule has 0 aromatic rings. The number of ether oxygens (including phenoxy) is 4. The van der Waals surface area contributed by atoms with E-state index in [1.54, 1.807) is 6.92 Å². The number of hydrogen-bond acceptors (Lipinski definition) is 7. The summed E-state index contributed by atoms with van der Waals surface area (Å²) in [7, 11) is 0. The van der Waals surface area contributed by atoms with Gasteiger partial charge < -0.3 is 24.1 Å². The minimum atomic E-state index is -0.551. The third-order valence-corrected chi connectivity index (χ3v) is 7.87. The molecule has 0 aromatic heterocycles. The maximum Gasteiger partial charge on any atom is 0.330 e. The van der Waals surface area contributed by atoms with Crippen LogP contribution in [0.2, 0.25) is 0 Å². The zero-order valence-corrected chi connectivity index (χ0v) is 18.2. The highest BCUT2D eigenvalue weighted by atomic mass is 16.6. The molecule has 7 nitrogen and oxygen atoms in total. The zero-order valence-electron chi connectivity index (χ0n) is 18.2. The first-order chi connectivity index (χ1) is 14.2. The summed E-state index contributed by atoms with van der Waals surface area (Å²) in [6, 6.07) is 0. The van der Waals surface area contributed by atoms with E-state index in [1.165, 1.54) is 18.6 Å². The molecule has 3 fully saturated rings. The highest BCUT2D eigenvalue weighted by Crippen LogP contribution is 2.72. The van der Waals surface area contributed by atoms with Crippen LogP contribution in [-0.4, -0.2) is 60.8 Å². The molecule has 166 valence electrons. The molecule has 2 bridgehead atoms. The van der Waals surface area contributed by atoms with Crippen LogP contribution in [0, 0.1) is 10.8 Å². The third kappa shape index (κ3) is 3.05. The molecule has 2 saturated heterocycles. The van der Waals surface area contributed by atoms with Gasteiger partial charge in [-0.05, 0) is 33.1 Å². The summed E-state index contributed by atoms with van der Waals surface area (Å²) < 4.78 is 24.1. The van der Waals surface area contributed by atoms with Gasteiger partial charge in [0, 0.05) is 31.4 Å². The highest BCUT2D eigenvalue weighted by molar-refractivity contribution is 5.82. The van der Waals surface area contributed by atoms with E-state index in [4.69, 9.17) is 24.1 Å². The van der Waals surface area contributed by atoms with Crippen LogP contribution in [0.5, 0.6) is 0 Å². The third-order valence-electron chi connectivity index (χ3n) is 7.87. The lowest BCUT2D eigenvalue weighted by Gasteiger charge is -2.58. The molecule has 1 spiro atoms. The van der Waals surface area contributed by atoms with Crippen molar-refractivity contribution in [2.45, 2.75) is 77.3 Å². The topological polar surface area (TPSA) is 94.6 Å². The van der Waals surface area contributed by atoms with Crippen molar-refractivity contribution in [3.8, 4) is 0 Å². The summed E-state index contributed by atoms with van der Waals surface area (Å²) in [4.78, 5) is 24.4. The van der Waals surface area contributed by atoms with Crippen molar-refractivity contribution in [3.63, 3.8) is 0 Å². The van der Waals surface area contributed by atoms with Gasteiger partial charge >= 0.3 is 11.9 Å².